The van der Waals surface area contributed by atoms with Gasteiger partial charge in [-0.1, -0.05) is 188 Å². The van der Waals surface area contributed by atoms with E-state index in [-0.39, 0.29) is 0 Å². The van der Waals surface area contributed by atoms with E-state index in [4.69, 9.17) is 4.99 Å². The molecule has 0 unspecified atom stereocenters. The number of nitrogens with zero attached hydrogens (tertiary/aromatic N) is 2. The van der Waals surface area contributed by atoms with Crippen LogP contribution < -0.4 is 0 Å². The largest absolute Gasteiger partial charge is 0.309 e. The maximum atomic E-state index is 5.23. The quantitative estimate of drug-likeness (QED) is 0.0969. The Labute approximate surface area is 363 Å². The van der Waals surface area contributed by atoms with E-state index in [9.17, 15) is 0 Å². The molecule has 0 aliphatic heterocycles. The Bertz CT molecular complexity index is 3170. The Morgan fingerprint density at radius 2 is 0.839 bits per heavy atom. The molecule has 0 atom stereocenters. The molecule has 10 aromatic rings. The van der Waals surface area contributed by atoms with Crippen LogP contribution in [0.2, 0.25) is 0 Å². The maximum Gasteiger partial charge on any atom is 0.0708 e. The lowest BCUT2D eigenvalue weighted by molar-refractivity contribution is 1.18. The normalized spacial score (nSPS) is 12.1. The van der Waals surface area contributed by atoms with E-state index in [1.54, 1.807) is 0 Å². The number of allylic oxidation sites excluding steroid dienone is 3. The van der Waals surface area contributed by atoms with Crippen LogP contribution in [0, 0.1) is 0 Å². The Hall–Kier alpha value is -8.07. The predicted molar refractivity (Wildman–Crippen MR) is 265 cm³/mol. The molecule has 0 radical (unpaired) electrons. The van der Waals surface area contributed by atoms with Crippen LogP contribution in [0.4, 0.5) is 0 Å². The number of benzene rings is 9. The highest BCUT2D eigenvalue weighted by Crippen LogP contribution is 2.38. The van der Waals surface area contributed by atoms with Crippen molar-refractivity contribution >= 4 is 39.3 Å². The summed E-state index contributed by atoms with van der Waals surface area (Å²) in [7, 11) is 0. The van der Waals surface area contributed by atoms with Gasteiger partial charge in [-0.3, -0.25) is 4.99 Å². The zero-order valence-electron chi connectivity index (χ0n) is 34.6. The smallest absolute Gasteiger partial charge is 0.0708 e. The number of rotatable bonds is 10. The number of fused-ring (bicyclic) bond motifs is 3. The number of hydrogen-bond donors (Lipinski definition) is 0. The first-order valence-corrected chi connectivity index (χ1v) is 21.2. The van der Waals surface area contributed by atoms with Crippen molar-refractivity contribution in [1.82, 2.24) is 4.57 Å². The summed E-state index contributed by atoms with van der Waals surface area (Å²) in [5.74, 6) is 0. The van der Waals surface area contributed by atoms with E-state index in [1.807, 2.05) is 6.21 Å². The van der Waals surface area contributed by atoms with Gasteiger partial charge in [0.25, 0.3) is 0 Å². The zero-order chi connectivity index (χ0) is 41.7. The van der Waals surface area contributed by atoms with Gasteiger partial charge >= 0.3 is 0 Å². The summed E-state index contributed by atoms with van der Waals surface area (Å²) >= 11 is 0. The highest BCUT2D eigenvalue weighted by Gasteiger charge is 2.15. The monoisotopic (exact) mass is 792 g/mol. The molecule has 2 heteroatoms. The average Bonchev–Trinajstić information content (AvgIpc) is 3.68. The van der Waals surface area contributed by atoms with E-state index in [2.05, 4.69) is 254 Å². The van der Waals surface area contributed by atoms with Crippen LogP contribution in [-0.2, 0) is 0 Å². The van der Waals surface area contributed by atoms with Gasteiger partial charge in [-0.25, -0.2) is 0 Å². The van der Waals surface area contributed by atoms with Gasteiger partial charge in [0.2, 0.25) is 0 Å². The van der Waals surface area contributed by atoms with Crippen molar-refractivity contribution in [1.29, 1.82) is 0 Å². The molecule has 0 saturated heterocycles. The van der Waals surface area contributed by atoms with Gasteiger partial charge in [-0.2, -0.15) is 0 Å². The molecule has 0 N–H and O–H groups in total. The molecular formula is C60H44N2. The minimum absolute atomic E-state index is 0.888. The molecule has 1 heterocycles. The predicted octanol–water partition coefficient (Wildman–Crippen LogP) is 16.0. The molecule has 0 aliphatic carbocycles. The third kappa shape index (κ3) is 7.86. The van der Waals surface area contributed by atoms with Crippen molar-refractivity contribution in [2.75, 3.05) is 0 Å². The van der Waals surface area contributed by atoms with Crippen molar-refractivity contribution in [3.63, 3.8) is 0 Å². The Balaban J connectivity index is 1.02. The lowest BCUT2D eigenvalue weighted by Gasteiger charge is -2.11. The van der Waals surface area contributed by atoms with Gasteiger partial charge in [0.1, 0.15) is 0 Å². The van der Waals surface area contributed by atoms with Crippen LogP contribution >= 0.6 is 0 Å². The second-order valence-electron chi connectivity index (χ2n) is 15.6. The molecule has 0 saturated carbocycles. The van der Waals surface area contributed by atoms with Crippen molar-refractivity contribution in [3.05, 3.63) is 259 Å². The molecule has 62 heavy (non-hydrogen) atoms. The Morgan fingerprint density at radius 1 is 0.387 bits per heavy atom. The molecule has 1 aromatic heterocycles. The molecule has 0 aliphatic rings. The molecule has 294 valence electrons. The van der Waals surface area contributed by atoms with Gasteiger partial charge in [-0.15, -0.1) is 0 Å². The summed E-state index contributed by atoms with van der Waals surface area (Å²) < 4.78 is 2.39. The third-order valence-electron chi connectivity index (χ3n) is 11.6. The van der Waals surface area contributed by atoms with Gasteiger partial charge < -0.3 is 4.57 Å². The first-order chi connectivity index (χ1) is 30.7. The highest BCUT2D eigenvalue weighted by atomic mass is 15.0. The lowest BCUT2D eigenvalue weighted by Crippen LogP contribution is -1.95. The molecule has 2 nitrogen and oxygen atoms in total. The lowest BCUT2D eigenvalue weighted by atomic mass is 9.95. The molecule has 9 aromatic carbocycles. The maximum absolute atomic E-state index is 5.23. The SMILES string of the molecule is C/C=C(\C=C(/N=Cc1cccc(-n2c3ccc(-c4ccccc4)cc3c3cc(-c4ccccc4)ccc32)c1)c1ccccc1)c1cccc(-c2cccc(-c3ccccc3)c2)c1. The Kier molecular flexibility index (Phi) is 10.6. The van der Waals surface area contributed by atoms with Crippen LogP contribution in [-0.4, -0.2) is 10.8 Å². The minimum Gasteiger partial charge on any atom is -0.309 e. The highest BCUT2D eigenvalue weighted by molar-refractivity contribution is 6.11. The minimum atomic E-state index is 0.888. The summed E-state index contributed by atoms with van der Waals surface area (Å²) in [4.78, 5) is 5.23. The van der Waals surface area contributed by atoms with Crippen molar-refractivity contribution < 1.29 is 0 Å². The fourth-order valence-electron chi connectivity index (χ4n) is 8.48. The fourth-order valence-corrected chi connectivity index (χ4v) is 8.48. The molecule has 10 rings (SSSR count). The van der Waals surface area contributed by atoms with Crippen molar-refractivity contribution in [3.8, 4) is 50.2 Å². The van der Waals surface area contributed by atoms with Gasteiger partial charge in [0, 0.05) is 28.2 Å². The average molecular weight is 793 g/mol. The fraction of sp³-hybridized carbons (Fsp3) is 0.0167. The molecule has 0 amide bonds. The number of aliphatic imine (C=N–C) groups is 1. The number of aromatic nitrogens is 1. The first kappa shape index (κ1) is 38.2. The van der Waals surface area contributed by atoms with Crippen molar-refractivity contribution in [2.24, 2.45) is 4.99 Å². The van der Waals surface area contributed by atoms with E-state index < -0.39 is 0 Å². The number of hydrogen-bond acceptors (Lipinski definition) is 1. The van der Waals surface area contributed by atoms with E-state index in [0.717, 1.165) is 44.7 Å². The van der Waals surface area contributed by atoms with Crippen LogP contribution in [0.5, 0.6) is 0 Å². The van der Waals surface area contributed by atoms with Gasteiger partial charge in [0.15, 0.2) is 0 Å². The Morgan fingerprint density at radius 3 is 1.40 bits per heavy atom. The third-order valence-corrected chi connectivity index (χ3v) is 11.6. The topological polar surface area (TPSA) is 17.3 Å². The standard InChI is InChI=1S/C60H44N2/c1-2-44(49-27-16-29-51(37-49)52-30-17-28-50(38-52)45-19-7-3-8-20-45)41-58(48-25-13-6-14-26-48)61-42-43-18-15-31-55(36-43)62-59-34-32-53(46-21-9-4-10-22-46)39-56(59)57-40-54(33-35-60(57)62)47-23-11-5-12-24-47/h2-42H,1H3/b44-2+,58-41-,61-42?. The first-order valence-electron chi connectivity index (χ1n) is 21.2. The summed E-state index contributed by atoms with van der Waals surface area (Å²) in [5.41, 5.74) is 18.2. The molecular weight excluding hydrogens is 749 g/mol. The zero-order valence-corrected chi connectivity index (χ0v) is 34.6. The summed E-state index contributed by atoms with van der Waals surface area (Å²) in [6.45, 7) is 2.10. The summed E-state index contributed by atoms with van der Waals surface area (Å²) in [6.07, 6.45) is 6.38. The summed E-state index contributed by atoms with van der Waals surface area (Å²) in [5, 5.41) is 2.44. The summed E-state index contributed by atoms with van der Waals surface area (Å²) in [6, 6.07) is 82.3. The molecule has 0 spiro atoms. The van der Waals surface area contributed by atoms with E-state index in [0.29, 0.717) is 0 Å². The van der Waals surface area contributed by atoms with Crippen LogP contribution in [0.25, 0.3) is 83.3 Å². The van der Waals surface area contributed by atoms with E-state index >= 15 is 0 Å². The van der Waals surface area contributed by atoms with Crippen LogP contribution in [0.3, 0.4) is 0 Å². The van der Waals surface area contributed by atoms with Crippen LogP contribution in [0.15, 0.2) is 248 Å². The molecule has 0 fully saturated rings. The van der Waals surface area contributed by atoms with Crippen molar-refractivity contribution in [2.45, 2.75) is 6.92 Å². The van der Waals surface area contributed by atoms with E-state index in [1.165, 1.54) is 55.3 Å². The second-order valence-corrected chi connectivity index (χ2v) is 15.6. The van der Waals surface area contributed by atoms with Gasteiger partial charge in [-0.05, 0) is 123 Å². The second kappa shape index (κ2) is 17.3. The van der Waals surface area contributed by atoms with Gasteiger partial charge in [0.05, 0.1) is 16.7 Å². The molecule has 0 bridgehead atoms. The van der Waals surface area contributed by atoms with Crippen LogP contribution in [0.1, 0.15) is 23.6 Å².